The average Bonchev–Trinajstić information content (AvgIpc) is 3.30. The van der Waals surface area contributed by atoms with Crippen LogP contribution < -0.4 is 9.62 Å². The Balaban J connectivity index is 1.67. The van der Waals surface area contributed by atoms with Crippen LogP contribution in [0.15, 0.2) is 70.2 Å². The molecular formula is C25H30N2O4S2. The first-order chi connectivity index (χ1) is 15.8. The summed E-state index contributed by atoms with van der Waals surface area (Å²) in [5.41, 5.74) is 3.20. The lowest BCUT2D eigenvalue weighted by molar-refractivity contribution is -0.119. The summed E-state index contributed by atoms with van der Waals surface area (Å²) in [7, 11) is -3.91. The zero-order chi connectivity index (χ0) is 23.8. The Labute approximate surface area is 200 Å². The monoisotopic (exact) mass is 486 g/mol. The number of aryl methyl sites for hydroxylation is 3. The number of hydrogen-bond acceptors (Lipinski definition) is 5. The number of amides is 1. The molecule has 33 heavy (non-hydrogen) atoms. The number of anilines is 1. The minimum absolute atomic E-state index is 0.163. The van der Waals surface area contributed by atoms with Gasteiger partial charge in [-0.15, -0.1) is 0 Å². The minimum Gasteiger partial charge on any atom is -0.468 e. The molecule has 3 aromatic rings. The van der Waals surface area contributed by atoms with Crippen LogP contribution in [0.5, 0.6) is 0 Å². The maximum Gasteiger partial charge on any atom is 0.264 e. The highest BCUT2D eigenvalue weighted by molar-refractivity contribution is 7.98. The molecule has 0 aliphatic heterocycles. The maximum absolute atomic E-state index is 13.5. The van der Waals surface area contributed by atoms with Gasteiger partial charge in [-0.3, -0.25) is 9.10 Å². The second kappa shape index (κ2) is 11.4. The third-order valence-electron chi connectivity index (χ3n) is 5.14. The van der Waals surface area contributed by atoms with Gasteiger partial charge >= 0.3 is 0 Å². The third-order valence-corrected chi connectivity index (χ3v) is 7.98. The van der Waals surface area contributed by atoms with Gasteiger partial charge in [-0.05, 0) is 74.4 Å². The molecule has 0 aliphatic carbocycles. The molecule has 6 nitrogen and oxygen atoms in total. The van der Waals surface area contributed by atoms with Gasteiger partial charge in [-0.25, -0.2) is 8.42 Å². The van der Waals surface area contributed by atoms with Crippen molar-refractivity contribution in [1.29, 1.82) is 0 Å². The number of rotatable bonds is 11. The summed E-state index contributed by atoms with van der Waals surface area (Å²) in [5, 5.41) is 2.86. The van der Waals surface area contributed by atoms with Crippen LogP contribution in [0, 0.1) is 20.8 Å². The number of benzene rings is 2. The summed E-state index contributed by atoms with van der Waals surface area (Å²) in [5.74, 6) is 2.25. The highest BCUT2D eigenvalue weighted by Crippen LogP contribution is 2.28. The minimum atomic E-state index is -3.91. The highest BCUT2D eigenvalue weighted by atomic mass is 32.2. The molecule has 0 saturated heterocycles. The van der Waals surface area contributed by atoms with Crippen LogP contribution in [-0.4, -0.2) is 33.2 Å². The van der Waals surface area contributed by atoms with Gasteiger partial charge in [0.1, 0.15) is 12.3 Å². The van der Waals surface area contributed by atoms with E-state index >= 15 is 0 Å². The van der Waals surface area contributed by atoms with E-state index in [0.29, 0.717) is 12.2 Å². The summed E-state index contributed by atoms with van der Waals surface area (Å²) >= 11 is 1.73. The lowest BCUT2D eigenvalue weighted by Crippen LogP contribution is -2.41. The fraction of sp³-hybridized carbons (Fsp3) is 0.320. The lowest BCUT2D eigenvalue weighted by Gasteiger charge is -2.26. The van der Waals surface area contributed by atoms with Crippen molar-refractivity contribution < 1.29 is 17.6 Å². The Bertz CT molecular complexity index is 1160. The first-order valence-electron chi connectivity index (χ1n) is 10.8. The molecule has 2 aromatic carbocycles. The number of carbonyl (C=O) groups is 1. The fourth-order valence-corrected chi connectivity index (χ4v) is 5.62. The summed E-state index contributed by atoms with van der Waals surface area (Å²) in [4.78, 5) is 12.9. The van der Waals surface area contributed by atoms with Crippen LogP contribution in [0.4, 0.5) is 5.69 Å². The normalized spacial score (nSPS) is 11.4. The van der Waals surface area contributed by atoms with Crippen LogP contribution in [0.2, 0.25) is 0 Å². The first kappa shape index (κ1) is 24.9. The molecule has 8 heteroatoms. The van der Waals surface area contributed by atoms with Gasteiger partial charge in [-0.1, -0.05) is 29.8 Å². The molecule has 1 amide bonds. The molecule has 1 heterocycles. The average molecular weight is 487 g/mol. The molecule has 0 radical (unpaired) electrons. The number of sulfonamides is 1. The van der Waals surface area contributed by atoms with E-state index in [1.807, 2.05) is 45.0 Å². The SMILES string of the molecule is Cc1ccc(S(=O)(=O)N(CC(=O)NCCCSCc2ccco2)c2cc(C)ccc2C)cc1. The topological polar surface area (TPSA) is 79.6 Å². The Morgan fingerprint density at radius 1 is 1.03 bits per heavy atom. The number of hydrogen-bond donors (Lipinski definition) is 1. The second-order valence-electron chi connectivity index (χ2n) is 7.95. The largest absolute Gasteiger partial charge is 0.468 e. The van der Waals surface area contributed by atoms with Gasteiger partial charge in [-0.2, -0.15) is 11.8 Å². The molecular weight excluding hydrogens is 456 g/mol. The molecule has 176 valence electrons. The molecule has 0 atom stereocenters. The molecule has 0 bridgehead atoms. The molecule has 0 fully saturated rings. The zero-order valence-electron chi connectivity index (χ0n) is 19.2. The van der Waals surface area contributed by atoms with Gasteiger partial charge in [0, 0.05) is 6.54 Å². The number of nitrogens with zero attached hydrogens (tertiary/aromatic N) is 1. The molecule has 0 unspecified atom stereocenters. The van der Waals surface area contributed by atoms with Crippen molar-refractivity contribution in [2.45, 2.75) is 37.8 Å². The van der Waals surface area contributed by atoms with Gasteiger partial charge < -0.3 is 9.73 Å². The molecule has 0 saturated carbocycles. The summed E-state index contributed by atoms with van der Waals surface area (Å²) in [6.07, 6.45) is 2.44. The van der Waals surface area contributed by atoms with E-state index in [2.05, 4.69) is 5.32 Å². The first-order valence-corrected chi connectivity index (χ1v) is 13.4. The van der Waals surface area contributed by atoms with E-state index in [1.54, 1.807) is 48.4 Å². The number of carbonyl (C=O) groups excluding carboxylic acids is 1. The molecule has 0 spiro atoms. The third kappa shape index (κ3) is 6.88. The van der Waals surface area contributed by atoms with Crippen LogP contribution in [-0.2, 0) is 20.6 Å². The Kier molecular flexibility index (Phi) is 8.63. The summed E-state index contributed by atoms with van der Waals surface area (Å²) in [6, 6.07) is 16.1. The molecule has 1 aromatic heterocycles. The van der Waals surface area contributed by atoms with Crippen LogP contribution in [0.25, 0.3) is 0 Å². The van der Waals surface area contributed by atoms with Crippen molar-refractivity contribution in [2.75, 3.05) is 23.1 Å². The standard InChI is InChI=1S/C25H30N2O4S2/c1-19-8-11-23(12-9-19)33(29,30)27(24-16-20(2)7-10-21(24)3)17-25(28)26-13-5-15-32-18-22-6-4-14-31-22/h4,6-12,14,16H,5,13,15,17-18H2,1-3H3,(H,26,28). The van der Waals surface area contributed by atoms with E-state index in [-0.39, 0.29) is 17.3 Å². The number of thioether (sulfide) groups is 1. The van der Waals surface area contributed by atoms with Crippen LogP contribution in [0.3, 0.4) is 0 Å². The van der Waals surface area contributed by atoms with Crippen molar-refractivity contribution in [2.24, 2.45) is 0 Å². The molecule has 3 rings (SSSR count). The quantitative estimate of drug-likeness (QED) is 0.392. The predicted octanol–water partition coefficient (Wildman–Crippen LogP) is 4.84. The van der Waals surface area contributed by atoms with Crippen molar-refractivity contribution >= 4 is 33.4 Å². The Morgan fingerprint density at radius 2 is 1.76 bits per heavy atom. The van der Waals surface area contributed by atoms with Gasteiger partial charge in [0.05, 0.1) is 22.6 Å². The number of nitrogens with one attached hydrogen (secondary N) is 1. The van der Waals surface area contributed by atoms with Crippen molar-refractivity contribution in [3.05, 3.63) is 83.3 Å². The van der Waals surface area contributed by atoms with Gasteiger partial charge in [0.2, 0.25) is 5.91 Å². The van der Waals surface area contributed by atoms with Gasteiger partial charge in [0.25, 0.3) is 10.0 Å². The van der Waals surface area contributed by atoms with Crippen molar-refractivity contribution in [1.82, 2.24) is 5.32 Å². The molecule has 1 N–H and O–H groups in total. The van der Waals surface area contributed by atoms with Gasteiger partial charge in [0.15, 0.2) is 0 Å². The predicted molar refractivity (Wildman–Crippen MR) is 134 cm³/mol. The van der Waals surface area contributed by atoms with Crippen molar-refractivity contribution in [3.8, 4) is 0 Å². The molecule has 0 aliphatic rings. The lowest BCUT2D eigenvalue weighted by atomic mass is 10.1. The second-order valence-corrected chi connectivity index (χ2v) is 10.9. The highest BCUT2D eigenvalue weighted by Gasteiger charge is 2.28. The summed E-state index contributed by atoms with van der Waals surface area (Å²) < 4.78 is 33.5. The van der Waals surface area contributed by atoms with E-state index in [9.17, 15) is 13.2 Å². The van der Waals surface area contributed by atoms with Crippen molar-refractivity contribution in [3.63, 3.8) is 0 Å². The van der Waals surface area contributed by atoms with E-state index in [4.69, 9.17) is 4.42 Å². The van der Waals surface area contributed by atoms with E-state index in [0.717, 1.165) is 40.4 Å². The Hall–Kier alpha value is -2.71. The fourth-order valence-electron chi connectivity index (χ4n) is 3.28. The number of furan rings is 1. The Morgan fingerprint density at radius 3 is 2.45 bits per heavy atom. The zero-order valence-corrected chi connectivity index (χ0v) is 20.8. The van der Waals surface area contributed by atoms with Crippen LogP contribution >= 0.6 is 11.8 Å². The maximum atomic E-state index is 13.5. The van der Waals surface area contributed by atoms with E-state index < -0.39 is 10.0 Å². The summed E-state index contributed by atoms with van der Waals surface area (Å²) in [6.45, 7) is 5.86. The smallest absolute Gasteiger partial charge is 0.264 e. The van der Waals surface area contributed by atoms with E-state index in [1.165, 1.54) is 4.31 Å². The van der Waals surface area contributed by atoms with Crippen LogP contribution in [0.1, 0.15) is 28.9 Å².